The third kappa shape index (κ3) is 2.56. The standard InChI is InChI=1S/C16H22N4O/c1-2-14-16(18-6-1)20(13-3-7-17-8-4-13)15(19-14)10-12-5-9-21-11-12/h1-2,6,12-13,17H,3-5,7-11H2. The third-order valence-electron chi connectivity index (χ3n) is 4.69. The zero-order valence-electron chi connectivity index (χ0n) is 12.3. The molecule has 1 N–H and O–H groups in total. The third-order valence-corrected chi connectivity index (χ3v) is 4.69. The molecule has 4 heterocycles. The first-order chi connectivity index (χ1) is 10.4. The molecule has 2 aliphatic heterocycles. The highest BCUT2D eigenvalue weighted by Crippen LogP contribution is 2.28. The van der Waals surface area contributed by atoms with Crippen molar-refractivity contribution in [3.05, 3.63) is 24.2 Å². The summed E-state index contributed by atoms with van der Waals surface area (Å²) in [5.74, 6) is 1.81. The SMILES string of the molecule is c1cnc2c(c1)nc(CC1CCOC1)n2C1CCNCC1. The van der Waals surface area contributed by atoms with Gasteiger partial charge in [0, 0.05) is 31.9 Å². The minimum absolute atomic E-state index is 0.531. The number of nitrogens with one attached hydrogen (secondary N) is 1. The van der Waals surface area contributed by atoms with Gasteiger partial charge in [0.05, 0.1) is 0 Å². The molecule has 1 atom stereocenters. The Bertz CT molecular complexity index is 612. The molecule has 0 saturated carbocycles. The maximum Gasteiger partial charge on any atom is 0.160 e. The first-order valence-corrected chi connectivity index (χ1v) is 8.02. The van der Waals surface area contributed by atoms with E-state index < -0.39 is 0 Å². The van der Waals surface area contributed by atoms with E-state index in [1.807, 2.05) is 12.3 Å². The van der Waals surface area contributed by atoms with Crippen LogP contribution in [0.3, 0.4) is 0 Å². The van der Waals surface area contributed by atoms with Crippen molar-refractivity contribution >= 4 is 11.2 Å². The molecule has 0 amide bonds. The van der Waals surface area contributed by atoms with Crippen LogP contribution in [0.2, 0.25) is 0 Å². The van der Waals surface area contributed by atoms with Gasteiger partial charge in [-0.25, -0.2) is 9.97 Å². The smallest absolute Gasteiger partial charge is 0.160 e. The van der Waals surface area contributed by atoms with Gasteiger partial charge in [-0.05, 0) is 50.4 Å². The molecule has 0 aliphatic carbocycles. The molecule has 2 aromatic heterocycles. The van der Waals surface area contributed by atoms with E-state index in [0.717, 1.165) is 63.2 Å². The number of aromatic nitrogens is 3. The molecular formula is C16H22N4O. The molecule has 21 heavy (non-hydrogen) atoms. The van der Waals surface area contributed by atoms with Gasteiger partial charge in [0.15, 0.2) is 5.65 Å². The van der Waals surface area contributed by atoms with Crippen LogP contribution in [0, 0.1) is 5.92 Å². The number of piperidine rings is 1. The topological polar surface area (TPSA) is 52.0 Å². The summed E-state index contributed by atoms with van der Waals surface area (Å²) >= 11 is 0. The molecule has 2 saturated heterocycles. The van der Waals surface area contributed by atoms with Crippen LogP contribution in [0.25, 0.3) is 11.2 Å². The number of hydrogen-bond acceptors (Lipinski definition) is 4. The van der Waals surface area contributed by atoms with Gasteiger partial charge in [0.1, 0.15) is 11.3 Å². The number of nitrogens with zero attached hydrogens (tertiary/aromatic N) is 3. The molecule has 1 unspecified atom stereocenters. The summed E-state index contributed by atoms with van der Waals surface area (Å²) in [4.78, 5) is 9.48. The summed E-state index contributed by atoms with van der Waals surface area (Å²) in [7, 11) is 0. The Balaban J connectivity index is 1.72. The first-order valence-electron chi connectivity index (χ1n) is 8.02. The minimum atomic E-state index is 0.531. The highest BCUT2D eigenvalue weighted by atomic mass is 16.5. The van der Waals surface area contributed by atoms with Crippen molar-refractivity contribution in [1.29, 1.82) is 0 Å². The van der Waals surface area contributed by atoms with Crippen LogP contribution < -0.4 is 5.32 Å². The van der Waals surface area contributed by atoms with E-state index >= 15 is 0 Å². The number of imidazole rings is 1. The second-order valence-electron chi connectivity index (χ2n) is 6.16. The summed E-state index contributed by atoms with van der Waals surface area (Å²) in [6, 6.07) is 4.59. The van der Waals surface area contributed by atoms with Crippen molar-refractivity contribution in [2.24, 2.45) is 5.92 Å². The Kier molecular flexibility index (Phi) is 3.61. The predicted octanol–water partition coefficient (Wildman–Crippen LogP) is 1.93. The first kappa shape index (κ1) is 13.2. The van der Waals surface area contributed by atoms with Gasteiger partial charge in [-0.1, -0.05) is 0 Å². The highest BCUT2D eigenvalue weighted by molar-refractivity contribution is 5.71. The van der Waals surface area contributed by atoms with Crippen LogP contribution in [0.1, 0.15) is 31.1 Å². The van der Waals surface area contributed by atoms with Gasteiger partial charge >= 0.3 is 0 Å². The summed E-state index contributed by atoms with van der Waals surface area (Å²) in [6.45, 7) is 3.95. The molecule has 0 bridgehead atoms. The number of fused-ring (bicyclic) bond motifs is 1. The number of rotatable bonds is 3. The van der Waals surface area contributed by atoms with E-state index in [2.05, 4.69) is 20.9 Å². The zero-order chi connectivity index (χ0) is 14.1. The van der Waals surface area contributed by atoms with Crippen molar-refractivity contribution in [3.63, 3.8) is 0 Å². The van der Waals surface area contributed by atoms with Gasteiger partial charge in [-0.3, -0.25) is 0 Å². The van der Waals surface area contributed by atoms with E-state index in [1.54, 1.807) is 0 Å². The second-order valence-corrected chi connectivity index (χ2v) is 6.16. The average Bonchev–Trinajstić information content (AvgIpc) is 3.15. The van der Waals surface area contributed by atoms with E-state index in [0.29, 0.717) is 12.0 Å². The van der Waals surface area contributed by atoms with E-state index in [4.69, 9.17) is 9.72 Å². The summed E-state index contributed by atoms with van der Waals surface area (Å²) < 4.78 is 7.94. The van der Waals surface area contributed by atoms with E-state index in [-0.39, 0.29) is 0 Å². The molecule has 2 aromatic rings. The lowest BCUT2D eigenvalue weighted by atomic mass is 10.0. The van der Waals surface area contributed by atoms with Gasteiger partial charge in [-0.2, -0.15) is 0 Å². The minimum Gasteiger partial charge on any atom is -0.381 e. The maximum atomic E-state index is 5.53. The number of pyridine rings is 1. The molecular weight excluding hydrogens is 264 g/mol. The predicted molar refractivity (Wildman–Crippen MR) is 81.3 cm³/mol. The molecule has 0 spiro atoms. The number of hydrogen-bond donors (Lipinski definition) is 1. The van der Waals surface area contributed by atoms with Gasteiger partial charge in [-0.15, -0.1) is 0 Å². The van der Waals surface area contributed by atoms with Crippen molar-refractivity contribution in [3.8, 4) is 0 Å². The maximum absolute atomic E-state index is 5.53. The molecule has 2 fully saturated rings. The van der Waals surface area contributed by atoms with Crippen LogP contribution in [0.4, 0.5) is 0 Å². The monoisotopic (exact) mass is 286 g/mol. The van der Waals surface area contributed by atoms with Gasteiger partial charge in [0.2, 0.25) is 0 Å². The lowest BCUT2D eigenvalue weighted by molar-refractivity contribution is 0.185. The largest absolute Gasteiger partial charge is 0.381 e. The fourth-order valence-electron chi connectivity index (χ4n) is 3.57. The second kappa shape index (κ2) is 5.73. The molecule has 0 aromatic carbocycles. The zero-order valence-corrected chi connectivity index (χ0v) is 12.3. The number of ether oxygens (including phenoxy) is 1. The quantitative estimate of drug-likeness (QED) is 0.937. The molecule has 5 nitrogen and oxygen atoms in total. The molecule has 0 radical (unpaired) electrons. The van der Waals surface area contributed by atoms with E-state index in [9.17, 15) is 0 Å². The van der Waals surface area contributed by atoms with Crippen molar-refractivity contribution < 1.29 is 4.74 Å². The Labute approximate surface area is 124 Å². The summed E-state index contributed by atoms with van der Waals surface area (Å²) in [5, 5.41) is 3.44. The Morgan fingerprint density at radius 2 is 2.19 bits per heavy atom. The Hall–Kier alpha value is -1.46. The van der Waals surface area contributed by atoms with E-state index in [1.165, 1.54) is 5.82 Å². The molecule has 4 rings (SSSR count). The lowest BCUT2D eigenvalue weighted by Crippen LogP contribution is -2.30. The van der Waals surface area contributed by atoms with Crippen molar-refractivity contribution in [1.82, 2.24) is 19.9 Å². The summed E-state index contributed by atoms with van der Waals surface area (Å²) in [5.41, 5.74) is 2.09. The van der Waals surface area contributed by atoms with Crippen LogP contribution in [-0.2, 0) is 11.2 Å². The van der Waals surface area contributed by atoms with Gasteiger partial charge in [0.25, 0.3) is 0 Å². The van der Waals surface area contributed by atoms with Crippen molar-refractivity contribution in [2.45, 2.75) is 31.7 Å². The molecule has 5 heteroatoms. The van der Waals surface area contributed by atoms with Gasteiger partial charge < -0.3 is 14.6 Å². The Morgan fingerprint density at radius 1 is 1.29 bits per heavy atom. The highest BCUT2D eigenvalue weighted by Gasteiger charge is 2.25. The average molecular weight is 286 g/mol. The van der Waals surface area contributed by atoms with Crippen LogP contribution >= 0.6 is 0 Å². The Morgan fingerprint density at radius 3 is 3.00 bits per heavy atom. The molecule has 112 valence electrons. The molecule has 2 aliphatic rings. The van der Waals surface area contributed by atoms with Crippen LogP contribution in [0.15, 0.2) is 18.3 Å². The van der Waals surface area contributed by atoms with Crippen molar-refractivity contribution in [2.75, 3.05) is 26.3 Å². The van der Waals surface area contributed by atoms with Crippen LogP contribution in [0.5, 0.6) is 0 Å². The summed E-state index contributed by atoms with van der Waals surface area (Å²) in [6.07, 6.45) is 6.37. The normalized spacial score (nSPS) is 23.9. The fraction of sp³-hybridized carbons (Fsp3) is 0.625. The fourth-order valence-corrected chi connectivity index (χ4v) is 3.57. The van der Waals surface area contributed by atoms with Crippen LogP contribution in [-0.4, -0.2) is 40.8 Å². The lowest BCUT2D eigenvalue weighted by Gasteiger charge is -2.26.